The van der Waals surface area contributed by atoms with Gasteiger partial charge in [-0.15, -0.1) is 10.2 Å². The minimum atomic E-state index is -4.93. The number of alkyl halides is 3. The molecular formula is C22H20F4N4O4S. The number of carbonyl (C=O) groups excluding carboxylic acids is 1. The van der Waals surface area contributed by atoms with Crippen LogP contribution < -0.4 is 14.8 Å². The molecule has 0 radical (unpaired) electrons. The van der Waals surface area contributed by atoms with Crippen molar-refractivity contribution in [2.75, 3.05) is 18.7 Å². The third-order valence-corrected chi connectivity index (χ3v) is 6.05. The molecule has 186 valence electrons. The Balaban J connectivity index is 2.14. The van der Waals surface area contributed by atoms with Crippen molar-refractivity contribution in [1.29, 1.82) is 4.78 Å². The molecule has 1 atom stereocenters. The lowest BCUT2D eigenvalue weighted by molar-refractivity contribution is -0.142. The Kier molecular flexibility index (Phi) is 7.01. The molecule has 2 N–H and O–H groups in total. The number of anilines is 1. The Bertz CT molecular complexity index is 1410. The minimum absolute atomic E-state index is 0.0596. The van der Waals surface area contributed by atoms with Crippen molar-refractivity contribution in [1.82, 2.24) is 10.2 Å². The Morgan fingerprint density at radius 2 is 1.83 bits per heavy atom. The smallest absolute Gasteiger partial charge is 0.435 e. The molecule has 0 aliphatic heterocycles. The highest BCUT2D eigenvalue weighted by Gasteiger charge is 2.38. The van der Waals surface area contributed by atoms with Crippen LogP contribution in [0, 0.1) is 24.4 Å². The summed E-state index contributed by atoms with van der Waals surface area (Å²) in [4.78, 5) is 13.2. The average Bonchev–Trinajstić information content (AvgIpc) is 2.76. The van der Waals surface area contributed by atoms with Crippen molar-refractivity contribution < 1.29 is 36.0 Å². The maximum absolute atomic E-state index is 14.8. The Labute approximate surface area is 198 Å². The van der Waals surface area contributed by atoms with E-state index in [2.05, 4.69) is 15.5 Å². The van der Waals surface area contributed by atoms with Gasteiger partial charge in [-0.05, 0) is 49.2 Å². The van der Waals surface area contributed by atoms with Crippen LogP contribution in [-0.2, 0) is 15.9 Å². The molecule has 8 nitrogen and oxygen atoms in total. The third-order valence-electron chi connectivity index (χ3n) is 4.89. The second-order valence-electron chi connectivity index (χ2n) is 7.51. The summed E-state index contributed by atoms with van der Waals surface area (Å²) in [7, 11) is -1.89. The van der Waals surface area contributed by atoms with Crippen LogP contribution in [0.2, 0.25) is 0 Å². The summed E-state index contributed by atoms with van der Waals surface area (Å²) in [5.74, 6) is -3.20. The second-order valence-corrected chi connectivity index (χ2v) is 9.67. The van der Waals surface area contributed by atoms with Crippen LogP contribution in [0.1, 0.15) is 27.2 Å². The second kappa shape index (κ2) is 9.49. The van der Waals surface area contributed by atoms with Crippen molar-refractivity contribution in [2.24, 2.45) is 0 Å². The van der Waals surface area contributed by atoms with Gasteiger partial charge in [0.25, 0.3) is 11.8 Å². The van der Waals surface area contributed by atoms with Gasteiger partial charge in [-0.3, -0.25) is 4.79 Å². The molecule has 1 heterocycles. The number of nitrogens with one attached hydrogen (secondary N) is 2. The van der Waals surface area contributed by atoms with Gasteiger partial charge in [-0.2, -0.15) is 13.2 Å². The molecule has 0 spiro atoms. The van der Waals surface area contributed by atoms with Gasteiger partial charge < -0.3 is 14.8 Å². The van der Waals surface area contributed by atoms with Crippen LogP contribution >= 0.6 is 0 Å². The fourth-order valence-electron chi connectivity index (χ4n) is 3.11. The van der Waals surface area contributed by atoms with Crippen molar-refractivity contribution in [2.45, 2.75) is 24.9 Å². The number of aryl methyl sites for hydroxylation is 1. The van der Waals surface area contributed by atoms with Gasteiger partial charge in [0.2, 0.25) is 5.75 Å². The highest BCUT2D eigenvalue weighted by molar-refractivity contribution is 7.91. The first kappa shape index (κ1) is 25.9. The Morgan fingerprint density at radius 3 is 2.43 bits per heavy atom. The van der Waals surface area contributed by atoms with E-state index in [-0.39, 0.29) is 21.9 Å². The largest absolute Gasteiger partial charge is 0.493 e. The molecule has 0 aliphatic carbocycles. The van der Waals surface area contributed by atoms with Gasteiger partial charge in [-0.1, -0.05) is 12.1 Å². The lowest BCUT2D eigenvalue weighted by atomic mass is 10.1. The summed E-state index contributed by atoms with van der Waals surface area (Å²) >= 11 is 0. The molecule has 0 saturated carbocycles. The van der Waals surface area contributed by atoms with Crippen LogP contribution in [-0.4, -0.2) is 33.7 Å². The van der Waals surface area contributed by atoms with Gasteiger partial charge in [0, 0.05) is 16.8 Å². The van der Waals surface area contributed by atoms with Crippen molar-refractivity contribution in [3.63, 3.8) is 0 Å². The van der Waals surface area contributed by atoms with Crippen LogP contribution in [0.5, 0.6) is 17.4 Å². The van der Waals surface area contributed by atoms with E-state index in [0.717, 1.165) is 6.92 Å². The molecule has 2 aromatic carbocycles. The predicted molar refractivity (Wildman–Crippen MR) is 119 cm³/mol. The summed E-state index contributed by atoms with van der Waals surface area (Å²) in [5, 5.41) is 8.94. The quantitative estimate of drug-likeness (QED) is 0.431. The maximum Gasteiger partial charge on any atom is 0.435 e. The summed E-state index contributed by atoms with van der Waals surface area (Å²) in [6.07, 6.45) is -3.76. The number of aromatic nitrogens is 2. The van der Waals surface area contributed by atoms with E-state index >= 15 is 0 Å². The zero-order chi connectivity index (χ0) is 26.1. The molecule has 0 saturated heterocycles. The number of ether oxygens (including phenoxy) is 2. The van der Waals surface area contributed by atoms with Gasteiger partial charge in [0.15, 0.2) is 17.3 Å². The number of methoxy groups -OCH3 is 1. The molecule has 1 aromatic heterocycles. The SMILES string of the molecule is COc1ccc(C)c(F)c1Oc1nnc(C(F)(F)F)c(C)c1C(=O)Nc1cccc(S(C)(=N)=O)c1. The minimum Gasteiger partial charge on any atom is -0.493 e. The van der Waals surface area contributed by atoms with E-state index in [1.54, 1.807) is 0 Å². The fraction of sp³-hybridized carbons (Fsp3) is 0.227. The van der Waals surface area contributed by atoms with Crippen molar-refractivity contribution in [3.05, 3.63) is 64.6 Å². The molecule has 13 heteroatoms. The maximum atomic E-state index is 14.8. The topological polar surface area (TPSA) is 114 Å². The highest BCUT2D eigenvalue weighted by atomic mass is 32.2. The van der Waals surface area contributed by atoms with E-state index in [1.807, 2.05) is 0 Å². The normalized spacial score (nSPS) is 13.1. The van der Waals surface area contributed by atoms with Crippen molar-refractivity contribution >= 4 is 21.3 Å². The summed E-state index contributed by atoms with van der Waals surface area (Å²) in [5.41, 5.74) is -2.47. The van der Waals surface area contributed by atoms with Gasteiger partial charge >= 0.3 is 6.18 Å². The molecule has 3 aromatic rings. The van der Waals surface area contributed by atoms with Crippen molar-refractivity contribution in [3.8, 4) is 17.4 Å². The number of carbonyl (C=O) groups is 1. The zero-order valence-corrected chi connectivity index (χ0v) is 19.7. The standard InChI is InChI=1S/C22H20F4N4O4S/c1-11-8-9-15(33-3)18(17(11)23)34-21-16(12(2)19(29-30-21)22(24,25)26)20(31)28-13-6-5-7-14(10-13)35(4,27)32/h5-10,27H,1-4H3,(H,28,31). The van der Waals surface area contributed by atoms with Gasteiger partial charge in [0.05, 0.1) is 16.8 Å². The lowest BCUT2D eigenvalue weighted by Crippen LogP contribution is -2.21. The number of halogens is 4. The monoisotopic (exact) mass is 512 g/mol. The number of benzene rings is 2. The molecular weight excluding hydrogens is 492 g/mol. The van der Waals surface area contributed by atoms with E-state index in [0.29, 0.717) is 0 Å². The van der Waals surface area contributed by atoms with Gasteiger partial charge in [0.1, 0.15) is 5.56 Å². The van der Waals surface area contributed by atoms with E-state index < -0.39 is 56.1 Å². The molecule has 1 unspecified atom stereocenters. The lowest BCUT2D eigenvalue weighted by Gasteiger charge is -2.17. The number of amides is 1. The van der Waals surface area contributed by atoms with Crippen LogP contribution in [0.3, 0.4) is 0 Å². The first-order valence-corrected chi connectivity index (χ1v) is 11.8. The number of rotatable bonds is 6. The molecule has 0 bridgehead atoms. The Hall–Kier alpha value is -3.74. The average molecular weight is 512 g/mol. The molecule has 3 rings (SSSR count). The van der Waals surface area contributed by atoms with Crippen LogP contribution in [0.4, 0.5) is 23.2 Å². The number of nitrogens with zero attached hydrogens (tertiary/aromatic N) is 2. The highest BCUT2D eigenvalue weighted by Crippen LogP contribution is 2.39. The Morgan fingerprint density at radius 1 is 1.14 bits per heavy atom. The van der Waals surface area contributed by atoms with Crippen LogP contribution in [0.25, 0.3) is 0 Å². The fourth-order valence-corrected chi connectivity index (χ4v) is 3.80. The molecule has 0 fully saturated rings. The first-order valence-electron chi connectivity index (χ1n) is 9.84. The van der Waals surface area contributed by atoms with E-state index in [4.69, 9.17) is 14.3 Å². The summed E-state index contributed by atoms with van der Waals surface area (Å²) < 4.78 is 85.5. The number of hydrogen-bond acceptors (Lipinski definition) is 7. The van der Waals surface area contributed by atoms with E-state index in [1.165, 1.54) is 56.7 Å². The first-order chi connectivity index (χ1) is 16.2. The molecule has 35 heavy (non-hydrogen) atoms. The number of hydrogen-bond donors (Lipinski definition) is 2. The third kappa shape index (κ3) is 5.50. The van der Waals surface area contributed by atoms with E-state index in [9.17, 15) is 26.6 Å². The summed E-state index contributed by atoms with van der Waals surface area (Å²) in [6, 6.07) is 8.27. The van der Waals surface area contributed by atoms with Crippen LogP contribution in [0.15, 0.2) is 41.3 Å². The molecule has 0 aliphatic rings. The van der Waals surface area contributed by atoms with Gasteiger partial charge in [-0.25, -0.2) is 13.4 Å². The molecule has 1 amide bonds. The zero-order valence-electron chi connectivity index (χ0n) is 18.9. The summed E-state index contributed by atoms with van der Waals surface area (Å²) in [6.45, 7) is 2.44. The predicted octanol–water partition coefficient (Wildman–Crippen LogP) is 5.34.